The van der Waals surface area contributed by atoms with Gasteiger partial charge in [0.1, 0.15) is 11.9 Å². The topological polar surface area (TPSA) is 20.3 Å². The number of rotatable bonds is 3. The summed E-state index contributed by atoms with van der Waals surface area (Å²) < 4.78 is 0. The summed E-state index contributed by atoms with van der Waals surface area (Å²) in [4.78, 5) is 13.3. The van der Waals surface area contributed by atoms with E-state index in [1.165, 1.54) is 0 Å². The molecule has 98 valence electrons. The molecule has 4 heteroatoms. The second-order valence-electron chi connectivity index (χ2n) is 6.22. The maximum atomic E-state index is 11.7. The molecule has 0 aliphatic heterocycles. The third-order valence-corrected chi connectivity index (χ3v) is 3.50. The van der Waals surface area contributed by atoms with E-state index in [0.29, 0.717) is 0 Å². The van der Waals surface area contributed by atoms with E-state index in [1.807, 2.05) is 0 Å². The highest BCUT2D eigenvalue weighted by molar-refractivity contribution is 6.28. The first-order chi connectivity index (χ1) is 7.71. The Bertz CT molecular complexity index is 334. The van der Waals surface area contributed by atoms with Crippen molar-refractivity contribution in [3.63, 3.8) is 0 Å². The summed E-state index contributed by atoms with van der Waals surface area (Å²) in [6, 6.07) is 0.170. The van der Waals surface area contributed by atoms with Crippen molar-refractivity contribution in [3.8, 4) is 0 Å². The molecule has 2 nitrogen and oxygen atoms in total. The number of hydrogen-bond donors (Lipinski definition) is 0. The van der Waals surface area contributed by atoms with Gasteiger partial charge in [-0.1, -0.05) is 33.8 Å². The number of nitrogens with zero attached hydrogens (tertiary/aromatic N) is 1. The zero-order valence-electron chi connectivity index (χ0n) is 11.0. The van der Waals surface area contributed by atoms with Crippen molar-refractivity contribution in [3.05, 3.63) is 11.8 Å². The number of halogens is 2. The van der Waals surface area contributed by atoms with Crippen molar-refractivity contribution in [2.45, 2.75) is 40.5 Å². The monoisotopic (exact) mass is 277 g/mol. The van der Waals surface area contributed by atoms with Gasteiger partial charge in [0.2, 0.25) is 5.91 Å². The van der Waals surface area contributed by atoms with Crippen LogP contribution in [-0.4, -0.2) is 22.7 Å². The van der Waals surface area contributed by atoms with Crippen molar-refractivity contribution in [2.75, 3.05) is 11.9 Å². The first kappa shape index (κ1) is 14.8. The zero-order chi connectivity index (χ0) is 13.3. The van der Waals surface area contributed by atoms with Gasteiger partial charge in [-0.15, -0.1) is 23.2 Å². The molecule has 0 bridgehead atoms. The van der Waals surface area contributed by atoms with E-state index in [4.69, 9.17) is 23.2 Å². The molecule has 0 spiro atoms. The van der Waals surface area contributed by atoms with Crippen LogP contribution >= 0.6 is 23.2 Å². The van der Waals surface area contributed by atoms with E-state index in [-0.39, 0.29) is 28.6 Å². The Morgan fingerprint density at radius 1 is 1.35 bits per heavy atom. The van der Waals surface area contributed by atoms with Crippen LogP contribution < -0.4 is 0 Å². The maximum Gasteiger partial charge on any atom is 0.242 e. The van der Waals surface area contributed by atoms with E-state index in [1.54, 1.807) is 4.90 Å². The predicted molar refractivity (Wildman–Crippen MR) is 73.2 cm³/mol. The van der Waals surface area contributed by atoms with Gasteiger partial charge in [0.15, 0.2) is 0 Å². The van der Waals surface area contributed by atoms with Crippen LogP contribution in [0.5, 0.6) is 0 Å². The molecule has 1 amide bonds. The molecule has 0 saturated carbocycles. The minimum absolute atomic E-state index is 0.0229. The lowest BCUT2D eigenvalue weighted by molar-refractivity contribution is -0.126. The molecular formula is C13H21Cl2NO. The van der Waals surface area contributed by atoms with Crippen molar-refractivity contribution >= 4 is 29.1 Å². The highest BCUT2D eigenvalue weighted by Gasteiger charge is 2.35. The van der Waals surface area contributed by atoms with Crippen molar-refractivity contribution < 1.29 is 4.79 Å². The Labute approximate surface area is 114 Å². The molecule has 17 heavy (non-hydrogen) atoms. The molecule has 1 aliphatic rings. The summed E-state index contributed by atoms with van der Waals surface area (Å²) in [7, 11) is 0. The molecule has 0 atom stereocenters. The molecule has 0 N–H and O–H groups in total. The van der Waals surface area contributed by atoms with Crippen LogP contribution in [0.25, 0.3) is 0 Å². The first-order valence-corrected chi connectivity index (χ1v) is 6.92. The van der Waals surface area contributed by atoms with Gasteiger partial charge >= 0.3 is 0 Å². The van der Waals surface area contributed by atoms with E-state index in [2.05, 4.69) is 33.8 Å². The van der Waals surface area contributed by atoms with Crippen molar-refractivity contribution in [1.29, 1.82) is 0 Å². The van der Waals surface area contributed by atoms with Gasteiger partial charge in [-0.2, -0.15) is 0 Å². The molecule has 0 heterocycles. The smallest absolute Gasteiger partial charge is 0.242 e. The lowest BCUT2D eigenvalue weighted by Crippen LogP contribution is -2.37. The number of carbonyl (C=O) groups excluding carboxylic acids is 1. The fourth-order valence-corrected chi connectivity index (χ4v) is 3.32. The fourth-order valence-electron chi connectivity index (χ4n) is 2.89. The molecule has 0 aromatic rings. The van der Waals surface area contributed by atoms with Crippen LogP contribution in [0.15, 0.2) is 11.8 Å². The number of hydrogen-bond acceptors (Lipinski definition) is 1. The number of amides is 1. The predicted octanol–water partition coefficient (Wildman–Crippen LogP) is 3.98. The lowest BCUT2D eigenvalue weighted by atomic mass is 9.68. The van der Waals surface area contributed by atoms with Crippen LogP contribution in [-0.2, 0) is 4.79 Å². The van der Waals surface area contributed by atoms with Gasteiger partial charge in [-0.3, -0.25) is 4.79 Å². The number of carbonyl (C=O) groups is 1. The molecule has 1 aliphatic carbocycles. The van der Waals surface area contributed by atoms with Crippen LogP contribution in [0, 0.1) is 10.8 Å². The van der Waals surface area contributed by atoms with Crippen molar-refractivity contribution in [2.24, 2.45) is 10.8 Å². The summed E-state index contributed by atoms with van der Waals surface area (Å²) in [5.74, 6) is -0.147. The highest BCUT2D eigenvalue weighted by atomic mass is 35.5. The quantitative estimate of drug-likeness (QED) is 0.565. The number of alkyl halides is 2. The third-order valence-electron chi connectivity index (χ3n) is 3.03. The summed E-state index contributed by atoms with van der Waals surface area (Å²) >= 11 is 11.5. The van der Waals surface area contributed by atoms with Gasteiger partial charge in [-0.25, -0.2) is 0 Å². The SMILES string of the molecule is CC1(C)C=C(N(CCl)C(=O)CCl)CC(C)(C)C1. The van der Waals surface area contributed by atoms with E-state index >= 15 is 0 Å². The van der Waals surface area contributed by atoms with Gasteiger partial charge in [-0.05, 0) is 23.7 Å². The Kier molecular flexibility index (Phi) is 4.54. The Hall–Kier alpha value is -0.210. The number of allylic oxidation sites excluding steroid dienone is 2. The summed E-state index contributed by atoms with van der Waals surface area (Å²) in [5, 5.41) is 0. The normalized spacial score (nSPS) is 21.9. The largest absolute Gasteiger partial charge is 0.301 e. The van der Waals surface area contributed by atoms with E-state index < -0.39 is 0 Å². The van der Waals surface area contributed by atoms with Crippen molar-refractivity contribution in [1.82, 2.24) is 4.90 Å². The second kappa shape index (κ2) is 5.19. The summed E-state index contributed by atoms with van der Waals surface area (Å²) in [5.41, 5.74) is 1.28. The van der Waals surface area contributed by atoms with Crippen LogP contribution in [0.4, 0.5) is 0 Å². The summed E-state index contributed by atoms with van der Waals surface area (Å²) in [6.07, 6.45) is 4.13. The fraction of sp³-hybridized carbons (Fsp3) is 0.769. The van der Waals surface area contributed by atoms with Gasteiger partial charge in [0.05, 0.1) is 0 Å². The molecule has 0 aromatic carbocycles. The second-order valence-corrected chi connectivity index (χ2v) is 6.72. The minimum Gasteiger partial charge on any atom is -0.301 e. The molecule has 0 unspecified atom stereocenters. The lowest BCUT2D eigenvalue weighted by Gasteiger charge is -2.41. The highest BCUT2D eigenvalue weighted by Crippen LogP contribution is 2.45. The Balaban J connectivity index is 3.03. The standard InChI is InChI=1S/C13H21Cl2NO/c1-12(2)5-10(6-13(3,4)8-12)16(9-15)11(17)7-14/h5H,6-9H2,1-4H3. The third kappa shape index (κ3) is 3.89. The molecule has 0 saturated heterocycles. The van der Waals surface area contributed by atoms with Crippen LogP contribution in [0.2, 0.25) is 0 Å². The molecule has 0 aromatic heterocycles. The first-order valence-electron chi connectivity index (χ1n) is 5.85. The average molecular weight is 278 g/mol. The van der Waals surface area contributed by atoms with Gasteiger partial charge < -0.3 is 4.90 Å². The van der Waals surface area contributed by atoms with Crippen LogP contribution in [0.3, 0.4) is 0 Å². The molecular weight excluding hydrogens is 257 g/mol. The minimum atomic E-state index is -0.124. The van der Waals surface area contributed by atoms with Gasteiger partial charge in [0.25, 0.3) is 0 Å². The van der Waals surface area contributed by atoms with E-state index in [9.17, 15) is 4.79 Å². The van der Waals surface area contributed by atoms with E-state index in [0.717, 1.165) is 18.5 Å². The zero-order valence-corrected chi connectivity index (χ0v) is 12.5. The Morgan fingerprint density at radius 3 is 2.35 bits per heavy atom. The maximum absolute atomic E-state index is 11.7. The molecule has 0 fully saturated rings. The molecule has 1 rings (SSSR count). The summed E-state index contributed by atoms with van der Waals surface area (Å²) in [6.45, 7) is 8.82. The Morgan fingerprint density at radius 2 is 1.94 bits per heavy atom. The van der Waals surface area contributed by atoms with Gasteiger partial charge in [0, 0.05) is 5.70 Å². The van der Waals surface area contributed by atoms with Crippen LogP contribution in [0.1, 0.15) is 40.5 Å². The average Bonchev–Trinajstić information content (AvgIpc) is 2.13. The molecule has 0 radical (unpaired) electrons.